The third kappa shape index (κ3) is 2.80. The van der Waals surface area contributed by atoms with Crippen LogP contribution >= 0.6 is 11.3 Å². The minimum absolute atomic E-state index is 0.167. The lowest BCUT2D eigenvalue weighted by Gasteiger charge is -2.09. The minimum atomic E-state index is -0.167. The van der Waals surface area contributed by atoms with Crippen LogP contribution in [0.5, 0.6) is 11.5 Å². The zero-order valence-corrected chi connectivity index (χ0v) is 13.9. The van der Waals surface area contributed by atoms with Gasteiger partial charge >= 0.3 is 0 Å². The highest BCUT2D eigenvalue weighted by Gasteiger charge is 2.13. The molecule has 124 valence electrons. The zero-order valence-electron chi connectivity index (χ0n) is 13.1. The summed E-state index contributed by atoms with van der Waals surface area (Å²) in [6.07, 6.45) is 1.58. The summed E-state index contributed by atoms with van der Waals surface area (Å²) in [5.41, 5.74) is 1.42. The number of aryl methyl sites for hydroxylation is 1. The maximum Gasteiger partial charge on any atom is 0.275 e. The predicted molar refractivity (Wildman–Crippen MR) is 91.8 cm³/mol. The third-order valence-electron chi connectivity index (χ3n) is 3.66. The van der Waals surface area contributed by atoms with Crippen LogP contribution < -0.4 is 20.3 Å². The van der Waals surface area contributed by atoms with E-state index in [1.165, 1.54) is 21.9 Å². The van der Waals surface area contributed by atoms with Gasteiger partial charge in [-0.3, -0.25) is 4.79 Å². The van der Waals surface area contributed by atoms with Gasteiger partial charge in [0.1, 0.15) is 0 Å². The van der Waals surface area contributed by atoms with Gasteiger partial charge < -0.3 is 14.8 Å². The van der Waals surface area contributed by atoms with Crippen molar-refractivity contribution < 1.29 is 9.47 Å². The highest BCUT2D eigenvalue weighted by Crippen LogP contribution is 2.33. The first kappa shape index (κ1) is 14.9. The van der Waals surface area contributed by atoms with E-state index in [1.54, 1.807) is 0 Å². The summed E-state index contributed by atoms with van der Waals surface area (Å²) in [5.74, 6) is 1.45. The number of ether oxygens (including phenoxy) is 2. The van der Waals surface area contributed by atoms with Crippen molar-refractivity contribution in [2.45, 2.75) is 19.8 Å². The van der Waals surface area contributed by atoms with Crippen LogP contribution in [-0.2, 0) is 6.42 Å². The standard InChI is InChI=1S/C16H16N4O3S/c1-2-10-9-14(21)20-16(18-10)24-15(19-20)17-11-4-5-12-13(8-11)23-7-3-6-22-12/h4-5,8-9H,2-3,6-7H2,1H3,(H,17,19). The Bertz CT molecular complexity index is 950. The van der Waals surface area contributed by atoms with E-state index in [0.717, 1.165) is 23.6 Å². The average Bonchev–Trinajstić information content (AvgIpc) is 2.84. The van der Waals surface area contributed by atoms with Crippen LogP contribution in [-0.4, -0.2) is 27.8 Å². The van der Waals surface area contributed by atoms with E-state index >= 15 is 0 Å². The molecule has 1 aromatic carbocycles. The Morgan fingerprint density at radius 1 is 1.25 bits per heavy atom. The summed E-state index contributed by atoms with van der Waals surface area (Å²) < 4.78 is 12.6. The molecule has 7 nitrogen and oxygen atoms in total. The Kier molecular flexibility index (Phi) is 3.81. The molecule has 1 aliphatic rings. The number of aromatic nitrogens is 3. The number of nitrogens with zero attached hydrogens (tertiary/aromatic N) is 3. The first-order chi connectivity index (χ1) is 11.7. The van der Waals surface area contributed by atoms with E-state index < -0.39 is 0 Å². The van der Waals surface area contributed by atoms with Gasteiger partial charge in [0.25, 0.3) is 5.56 Å². The van der Waals surface area contributed by atoms with Crippen LogP contribution in [0.4, 0.5) is 10.8 Å². The molecule has 0 atom stereocenters. The van der Waals surface area contributed by atoms with Gasteiger partial charge in [0.2, 0.25) is 10.1 Å². The highest BCUT2D eigenvalue weighted by atomic mass is 32.1. The molecule has 0 spiro atoms. The Morgan fingerprint density at radius 3 is 2.92 bits per heavy atom. The molecule has 1 aliphatic heterocycles. The summed E-state index contributed by atoms with van der Waals surface area (Å²) in [4.78, 5) is 17.1. The second-order valence-corrected chi connectivity index (χ2v) is 6.33. The molecule has 1 N–H and O–H groups in total. The maximum atomic E-state index is 12.1. The number of anilines is 2. The number of fused-ring (bicyclic) bond motifs is 2. The average molecular weight is 344 g/mol. The van der Waals surface area contributed by atoms with Gasteiger partial charge in [0.05, 0.1) is 13.2 Å². The molecule has 3 aromatic rings. The van der Waals surface area contributed by atoms with E-state index in [4.69, 9.17) is 9.47 Å². The summed E-state index contributed by atoms with van der Waals surface area (Å²) in [7, 11) is 0. The number of nitrogens with one attached hydrogen (secondary N) is 1. The van der Waals surface area contributed by atoms with E-state index in [-0.39, 0.29) is 5.56 Å². The summed E-state index contributed by atoms with van der Waals surface area (Å²) in [5, 5.41) is 8.09. The van der Waals surface area contributed by atoms with E-state index in [1.807, 2.05) is 25.1 Å². The number of benzene rings is 1. The molecule has 0 amide bonds. The van der Waals surface area contributed by atoms with Crippen molar-refractivity contribution in [1.29, 1.82) is 0 Å². The molecule has 0 aliphatic carbocycles. The largest absolute Gasteiger partial charge is 0.490 e. The first-order valence-electron chi connectivity index (χ1n) is 7.79. The zero-order chi connectivity index (χ0) is 16.5. The molecule has 8 heteroatoms. The van der Waals surface area contributed by atoms with Crippen molar-refractivity contribution in [3.63, 3.8) is 0 Å². The first-order valence-corrected chi connectivity index (χ1v) is 8.61. The SMILES string of the molecule is CCc1cc(=O)n2nc(Nc3ccc4c(c3)OCCCO4)sc2n1. The smallest absolute Gasteiger partial charge is 0.275 e. The lowest BCUT2D eigenvalue weighted by molar-refractivity contribution is 0.297. The lowest BCUT2D eigenvalue weighted by atomic mass is 10.3. The second-order valence-electron chi connectivity index (χ2n) is 5.38. The van der Waals surface area contributed by atoms with Gasteiger partial charge in [-0.2, -0.15) is 4.52 Å². The molecule has 2 aromatic heterocycles. The van der Waals surface area contributed by atoms with Crippen molar-refractivity contribution in [1.82, 2.24) is 14.6 Å². The predicted octanol–water partition coefficient (Wildman–Crippen LogP) is 2.62. The van der Waals surface area contributed by atoms with Crippen LogP contribution in [0.25, 0.3) is 4.96 Å². The molecule has 0 saturated carbocycles. The van der Waals surface area contributed by atoms with Crippen molar-refractivity contribution in [2.24, 2.45) is 0 Å². The molecule has 0 saturated heterocycles. The molecular weight excluding hydrogens is 328 g/mol. The fourth-order valence-corrected chi connectivity index (χ4v) is 3.30. The lowest BCUT2D eigenvalue weighted by Crippen LogP contribution is -2.15. The maximum absolute atomic E-state index is 12.1. The van der Waals surface area contributed by atoms with Gasteiger partial charge in [-0.1, -0.05) is 18.3 Å². The van der Waals surface area contributed by atoms with Crippen LogP contribution in [0.2, 0.25) is 0 Å². The van der Waals surface area contributed by atoms with E-state index in [2.05, 4.69) is 15.4 Å². The molecule has 0 fully saturated rings. The Balaban J connectivity index is 1.65. The second kappa shape index (κ2) is 6.12. The number of rotatable bonds is 3. The molecule has 4 rings (SSSR count). The van der Waals surface area contributed by atoms with Gasteiger partial charge in [-0.25, -0.2) is 4.98 Å². The number of hydrogen-bond donors (Lipinski definition) is 1. The molecule has 24 heavy (non-hydrogen) atoms. The van der Waals surface area contributed by atoms with Gasteiger partial charge in [0, 0.05) is 29.9 Å². The Morgan fingerprint density at radius 2 is 2.08 bits per heavy atom. The minimum Gasteiger partial charge on any atom is -0.490 e. The van der Waals surface area contributed by atoms with Crippen molar-refractivity contribution in [3.05, 3.63) is 40.3 Å². The van der Waals surface area contributed by atoms with Crippen molar-refractivity contribution in [2.75, 3.05) is 18.5 Å². The summed E-state index contributed by atoms with van der Waals surface area (Å²) in [6.45, 7) is 3.26. The van der Waals surface area contributed by atoms with Gasteiger partial charge in [-0.15, -0.1) is 5.10 Å². The fraction of sp³-hybridized carbons (Fsp3) is 0.312. The van der Waals surface area contributed by atoms with Crippen LogP contribution in [0.1, 0.15) is 19.0 Å². The molecule has 0 bridgehead atoms. The van der Waals surface area contributed by atoms with Gasteiger partial charge in [0.15, 0.2) is 11.5 Å². The van der Waals surface area contributed by atoms with E-state index in [9.17, 15) is 4.79 Å². The molecule has 0 radical (unpaired) electrons. The highest BCUT2D eigenvalue weighted by molar-refractivity contribution is 7.20. The topological polar surface area (TPSA) is 77.8 Å². The quantitative estimate of drug-likeness (QED) is 0.787. The number of hydrogen-bond acceptors (Lipinski definition) is 7. The summed E-state index contributed by atoms with van der Waals surface area (Å²) in [6, 6.07) is 7.16. The van der Waals surface area contributed by atoms with Crippen molar-refractivity contribution in [3.8, 4) is 11.5 Å². The molecular formula is C16H16N4O3S. The monoisotopic (exact) mass is 344 g/mol. The van der Waals surface area contributed by atoms with Crippen LogP contribution in [0.3, 0.4) is 0 Å². The van der Waals surface area contributed by atoms with E-state index in [0.29, 0.717) is 35.5 Å². The van der Waals surface area contributed by atoms with Crippen LogP contribution in [0, 0.1) is 0 Å². The summed E-state index contributed by atoms with van der Waals surface area (Å²) >= 11 is 1.33. The molecule has 0 unspecified atom stereocenters. The Labute approximate surface area is 141 Å². The third-order valence-corrected chi connectivity index (χ3v) is 4.48. The van der Waals surface area contributed by atoms with Gasteiger partial charge in [-0.05, 0) is 18.6 Å². The fourth-order valence-electron chi connectivity index (χ4n) is 2.45. The van der Waals surface area contributed by atoms with Crippen LogP contribution in [0.15, 0.2) is 29.1 Å². The normalized spacial score (nSPS) is 13.7. The Hall–Kier alpha value is -2.61. The molecule has 3 heterocycles. The van der Waals surface area contributed by atoms with Crippen molar-refractivity contribution >= 4 is 27.1 Å².